The summed E-state index contributed by atoms with van der Waals surface area (Å²) < 4.78 is 14.8. The van der Waals surface area contributed by atoms with Gasteiger partial charge in [0.1, 0.15) is 23.1 Å². The Kier molecular flexibility index (Phi) is 3.23. The van der Waals surface area contributed by atoms with Gasteiger partial charge in [0.2, 0.25) is 0 Å². The maximum atomic E-state index is 13.2. The third kappa shape index (κ3) is 2.42. The van der Waals surface area contributed by atoms with Gasteiger partial charge in [0.25, 0.3) is 5.78 Å². The van der Waals surface area contributed by atoms with Crippen molar-refractivity contribution in [1.29, 1.82) is 0 Å². The van der Waals surface area contributed by atoms with E-state index in [0.29, 0.717) is 16.7 Å². The molecule has 1 unspecified atom stereocenters. The molecule has 5 nitrogen and oxygen atoms in total. The van der Waals surface area contributed by atoms with Crippen molar-refractivity contribution in [3.8, 4) is 0 Å². The Morgan fingerprint density at radius 1 is 1.35 bits per heavy atom. The van der Waals surface area contributed by atoms with Gasteiger partial charge in [0.15, 0.2) is 0 Å². The van der Waals surface area contributed by atoms with E-state index in [1.165, 1.54) is 18.5 Å². The van der Waals surface area contributed by atoms with Crippen LogP contribution in [0.4, 0.5) is 10.2 Å². The Morgan fingerprint density at radius 3 is 3.00 bits per heavy atom. The van der Waals surface area contributed by atoms with Gasteiger partial charge in [-0.3, -0.25) is 0 Å². The van der Waals surface area contributed by atoms with Crippen molar-refractivity contribution in [2.75, 3.05) is 5.32 Å². The first kappa shape index (κ1) is 12.8. The second-order valence-corrected chi connectivity index (χ2v) is 4.74. The molecule has 0 aliphatic heterocycles. The fraction of sp³-hybridized carbons (Fsp3) is 0.154. The molecule has 0 saturated carbocycles. The normalized spacial score (nSPS) is 12.6. The van der Waals surface area contributed by atoms with Crippen molar-refractivity contribution in [2.45, 2.75) is 13.0 Å². The Morgan fingerprint density at radius 2 is 2.20 bits per heavy atom. The number of anilines is 1. The van der Waals surface area contributed by atoms with Crippen LogP contribution in [-0.2, 0) is 0 Å². The standard InChI is InChI=1S/C13H11ClFN5/c1-8(9-3-2-4-10(15)5-9)18-12-6-11(14)19-13-16-7-17-20(12)13/h2-8,18H,1H3. The summed E-state index contributed by atoms with van der Waals surface area (Å²) in [6.45, 7) is 1.92. The maximum absolute atomic E-state index is 13.2. The Hall–Kier alpha value is -2.21. The summed E-state index contributed by atoms with van der Waals surface area (Å²) in [5, 5.41) is 7.62. The van der Waals surface area contributed by atoms with Crippen LogP contribution in [-0.4, -0.2) is 19.6 Å². The molecule has 20 heavy (non-hydrogen) atoms. The highest BCUT2D eigenvalue weighted by atomic mass is 35.5. The Bertz CT molecular complexity index is 757. The molecule has 0 amide bonds. The molecule has 0 aliphatic rings. The van der Waals surface area contributed by atoms with Crippen molar-refractivity contribution in [2.24, 2.45) is 0 Å². The minimum absolute atomic E-state index is 0.114. The summed E-state index contributed by atoms with van der Waals surface area (Å²) >= 11 is 5.94. The Balaban J connectivity index is 1.94. The molecule has 1 aromatic carbocycles. The lowest BCUT2D eigenvalue weighted by Gasteiger charge is -2.16. The van der Waals surface area contributed by atoms with Crippen LogP contribution in [0.15, 0.2) is 36.7 Å². The van der Waals surface area contributed by atoms with Gasteiger partial charge in [-0.1, -0.05) is 23.7 Å². The van der Waals surface area contributed by atoms with Gasteiger partial charge in [0.05, 0.1) is 6.04 Å². The van der Waals surface area contributed by atoms with E-state index in [9.17, 15) is 4.39 Å². The van der Waals surface area contributed by atoms with Crippen LogP contribution in [0, 0.1) is 5.82 Å². The van der Waals surface area contributed by atoms with Gasteiger partial charge in [-0.05, 0) is 24.6 Å². The highest BCUT2D eigenvalue weighted by Gasteiger charge is 2.11. The fourth-order valence-corrected chi connectivity index (χ4v) is 2.15. The maximum Gasteiger partial charge on any atom is 0.255 e. The number of fused-ring (bicyclic) bond motifs is 1. The predicted molar refractivity (Wildman–Crippen MR) is 74.2 cm³/mol. The first-order valence-corrected chi connectivity index (χ1v) is 6.39. The molecule has 1 atom stereocenters. The molecule has 1 N–H and O–H groups in total. The van der Waals surface area contributed by atoms with Gasteiger partial charge < -0.3 is 5.32 Å². The van der Waals surface area contributed by atoms with E-state index in [1.54, 1.807) is 16.6 Å². The lowest BCUT2D eigenvalue weighted by atomic mass is 10.1. The van der Waals surface area contributed by atoms with E-state index in [0.717, 1.165) is 5.56 Å². The van der Waals surface area contributed by atoms with Crippen LogP contribution in [0.1, 0.15) is 18.5 Å². The molecule has 2 aromatic heterocycles. The summed E-state index contributed by atoms with van der Waals surface area (Å²) in [6, 6.07) is 7.96. The first-order chi connectivity index (χ1) is 9.63. The van der Waals surface area contributed by atoms with Crippen molar-refractivity contribution in [1.82, 2.24) is 19.6 Å². The van der Waals surface area contributed by atoms with Gasteiger partial charge in [-0.25, -0.2) is 4.39 Å². The minimum Gasteiger partial charge on any atom is -0.363 e. The molecule has 0 aliphatic carbocycles. The third-order valence-corrected chi connectivity index (χ3v) is 3.13. The molecule has 0 radical (unpaired) electrons. The zero-order chi connectivity index (χ0) is 14.1. The predicted octanol–water partition coefficient (Wildman–Crippen LogP) is 3.09. The third-order valence-electron chi connectivity index (χ3n) is 2.93. The van der Waals surface area contributed by atoms with Crippen LogP contribution in [0.5, 0.6) is 0 Å². The molecule has 7 heteroatoms. The van der Waals surface area contributed by atoms with E-state index in [-0.39, 0.29) is 11.9 Å². The molecule has 0 saturated heterocycles. The van der Waals surface area contributed by atoms with Crippen LogP contribution in [0.2, 0.25) is 5.15 Å². The molecule has 102 valence electrons. The van der Waals surface area contributed by atoms with E-state index < -0.39 is 0 Å². The van der Waals surface area contributed by atoms with Gasteiger partial charge >= 0.3 is 0 Å². The molecular formula is C13H11ClFN5. The zero-order valence-electron chi connectivity index (χ0n) is 10.6. The van der Waals surface area contributed by atoms with E-state index in [1.807, 2.05) is 13.0 Å². The second-order valence-electron chi connectivity index (χ2n) is 4.36. The largest absolute Gasteiger partial charge is 0.363 e. The molecule has 3 rings (SSSR count). The van der Waals surface area contributed by atoms with Crippen molar-refractivity contribution in [3.63, 3.8) is 0 Å². The number of halogens is 2. The summed E-state index contributed by atoms with van der Waals surface area (Å²) in [7, 11) is 0. The molecule has 2 heterocycles. The number of rotatable bonds is 3. The SMILES string of the molecule is CC(Nc1cc(Cl)nc2ncnn12)c1cccc(F)c1. The van der Waals surface area contributed by atoms with Crippen molar-refractivity contribution < 1.29 is 4.39 Å². The van der Waals surface area contributed by atoms with E-state index in [2.05, 4.69) is 20.4 Å². The fourth-order valence-electron chi connectivity index (χ4n) is 1.97. The van der Waals surface area contributed by atoms with Gasteiger partial charge in [-0.2, -0.15) is 19.6 Å². The first-order valence-electron chi connectivity index (χ1n) is 6.02. The number of benzene rings is 1. The number of hydrogen-bond donors (Lipinski definition) is 1. The molecule has 0 bridgehead atoms. The van der Waals surface area contributed by atoms with Crippen molar-refractivity contribution >= 4 is 23.2 Å². The van der Waals surface area contributed by atoms with Crippen LogP contribution < -0.4 is 5.32 Å². The van der Waals surface area contributed by atoms with E-state index >= 15 is 0 Å². The van der Waals surface area contributed by atoms with Crippen LogP contribution in [0.25, 0.3) is 5.78 Å². The summed E-state index contributed by atoms with van der Waals surface area (Å²) in [5.74, 6) is 0.788. The summed E-state index contributed by atoms with van der Waals surface area (Å²) in [6.07, 6.45) is 1.40. The highest BCUT2D eigenvalue weighted by Crippen LogP contribution is 2.21. The Labute approximate surface area is 119 Å². The van der Waals surface area contributed by atoms with E-state index in [4.69, 9.17) is 11.6 Å². The summed E-state index contributed by atoms with van der Waals surface area (Å²) in [5.41, 5.74) is 0.825. The van der Waals surface area contributed by atoms with Gasteiger partial charge in [0, 0.05) is 6.07 Å². The number of aromatic nitrogens is 4. The van der Waals surface area contributed by atoms with Crippen LogP contribution >= 0.6 is 11.6 Å². The topological polar surface area (TPSA) is 55.1 Å². The second kappa shape index (κ2) is 5.05. The van der Waals surface area contributed by atoms with Gasteiger partial charge in [-0.15, -0.1) is 0 Å². The number of hydrogen-bond acceptors (Lipinski definition) is 4. The highest BCUT2D eigenvalue weighted by molar-refractivity contribution is 6.29. The average Bonchev–Trinajstić information content (AvgIpc) is 2.86. The molecule has 0 fully saturated rings. The lowest BCUT2D eigenvalue weighted by molar-refractivity contribution is 0.623. The number of nitrogens with zero attached hydrogens (tertiary/aromatic N) is 4. The quantitative estimate of drug-likeness (QED) is 0.754. The molecular weight excluding hydrogens is 281 g/mol. The smallest absolute Gasteiger partial charge is 0.255 e. The lowest BCUT2D eigenvalue weighted by Crippen LogP contribution is -2.11. The molecule has 3 aromatic rings. The van der Waals surface area contributed by atoms with Crippen molar-refractivity contribution in [3.05, 3.63) is 53.2 Å². The number of nitrogens with one attached hydrogen (secondary N) is 1. The minimum atomic E-state index is -0.269. The monoisotopic (exact) mass is 291 g/mol. The summed E-state index contributed by atoms with van der Waals surface area (Å²) in [4.78, 5) is 8.04. The van der Waals surface area contributed by atoms with Crippen LogP contribution in [0.3, 0.4) is 0 Å². The average molecular weight is 292 g/mol. The molecule has 0 spiro atoms. The zero-order valence-corrected chi connectivity index (χ0v) is 11.3.